The van der Waals surface area contributed by atoms with Crippen molar-refractivity contribution < 1.29 is 9.90 Å². The van der Waals surface area contributed by atoms with Gasteiger partial charge in [-0.25, -0.2) is 0 Å². The molecule has 2 atom stereocenters. The molecule has 0 aliphatic heterocycles. The average molecular weight is 180 g/mol. The average Bonchev–Trinajstić information content (AvgIpc) is 2.17. The molecule has 0 aromatic heterocycles. The van der Waals surface area contributed by atoms with Gasteiger partial charge in [0.15, 0.2) is 0 Å². The van der Waals surface area contributed by atoms with E-state index in [1.807, 2.05) is 38.2 Å². The van der Waals surface area contributed by atoms with E-state index >= 15 is 0 Å². The predicted molar refractivity (Wildman–Crippen MR) is 52.3 cm³/mol. The Bertz CT molecular complexity index is 253. The molecule has 2 heteroatoms. The van der Waals surface area contributed by atoms with E-state index < -0.39 is 5.41 Å². The zero-order chi connectivity index (χ0) is 9.90. The van der Waals surface area contributed by atoms with E-state index in [1.165, 1.54) is 0 Å². The molecule has 0 radical (unpaired) electrons. The van der Waals surface area contributed by atoms with E-state index in [9.17, 15) is 9.90 Å². The summed E-state index contributed by atoms with van der Waals surface area (Å²) in [4.78, 5) is 11.5. The maximum Gasteiger partial charge on any atom is 0.140 e. The molecule has 0 bridgehead atoms. The Balaban J connectivity index is 2.88. The largest absolute Gasteiger partial charge is 0.395 e. The second kappa shape index (κ2) is 3.88. The molecule has 0 amide bonds. The first-order valence-corrected chi connectivity index (χ1v) is 4.63. The van der Waals surface area contributed by atoms with Gasteiger partial charge in [0.1, 0.15) is 5.78 Å². The second-order valence-electron chi connectivity index (χ2n) is 3.71. The second-order valence-corrected chi connectivity index (χ2v) is 3.71. The van der Waals surface area contributed by atoms with Crippen molar-refractivity contribution in [3.63, 3.8) is 0 Å². The number of ketones is 1. The van der Waals surface area contributed by atoms with Crippen molar-refractivity contribution >= 4 is 5.78 Å². The summed E-state index contributed by atoms with van der Waals surface area (Å²) in [6.07, 6.45) is 8.07. The summed E-state index contributed by atoms with van der Waals surface area (Å²) in [6.45, 7) is 3.78. The molecule has 2 unspecified atom stereocenters. The van der Waals surface area contributed by atoms with Gasteiger partial charge in [-0.1, -0.05) is 38.2 Å². The lowest BCUT2D eigenvalue weighted by molar-refractivity contribution is -0.124. The third-order valence-electron chi connectivity index (χ3n) is 2.64. The third-order valence-corrected chi connectivity index (χ3v) is 2.64. The molecule has 0 aromatic rings. The summed E-state index contributed by atoms with van der Waals surface area (Å²) >= 11 is 0. The Morgan fingerprint density at radius 2 is 2.23 bits per heavy atom. The number of hydrogen-bond donors (Lipinski definition) is 1. The molecule has 0 heterocycles. The van der Waals surface area contributed by atoms with E-state index in [-0.39, 0.29) is 18.3 Å². The molecule has 13 heavy (non-hydrogen) atoms. The zero-order valence-corrected chi connectivity index (χ0v) is 8.16. The van der Waals surface area contributed by atoms with Crippen LogP contribution >= 0.6 is 0 Å². The molecular formula is C11H16O2. The van der Waals surface area contributed by atoms with Crippen molar-refractivity contribution in [2.75, 3.05) is 6.61 Å². The van der Waals surface area contributed by atoms with Crippen LogP contribution in [0.25, 0.3) is 0 Å². The van der Waals surface area contributed by atoms with Gasteiger partial charge in [0, 0.05) is 17.8 Å². The number of aliphatic hydroxyl groups excluding tert-OH is 1. The Kier molecular flexibility index (Phi) is 3.04. The van der Waals surface area contributed by atoms with Crippen LogP contribution in [0.4, 0.5) is 0 Å². The topological polar surface area (TPSA) is 37.3 Å². The van der Waals surface area contributed by atoms with Crippen molar-refractivity contribution in [3.8, 4) is 0 Å². The van der Waals surface area contributed by atoms with Gasteiger partial charge < -0.3 is 5.11 Å². The van der Waals surface area contributed by atoms with E-state index in [4.69, 9.17) is 0 Å². The summed E-state index contributed by atoms with van der Waals surface area (Å²) in [7, 11) is 0. The molecule has 0 fully saturated rings. The standard InChI is InChI=1S/C11H16O2/c1-3-10(13)9-6-4-5-7-11(9,2)8-12/h4-7,9,12H,3,8H2,1-2H3. The van der Waals surface area contributed by atoms with Crippen LogP contribution in [-0.2, 0) is 4.79 Å². The molecule has 72 valence electrons. The van der Waals surface area contributed by atoms with Crippen molar-refractivity contribution in [2.45, 2.75) is 20.3 Å². The Morgan fingerprint density at radius 3 is 2.77 bits per heavy atom. The van der Waals surface area contributed by atoms with Crippen molar-refractivity contribution in [3.05, 3.63) is 24.3 Å². The first-order chi connectivity index (χ1) is 6.14. The Labute approximate surface area is 79.0 Å². The highest BCUT2D eigenvalue weighted by Gasteiger charge is 2.34. The van der Waals surface area contributed by atoms with Crippen LogP contribution < -0.4 is 0 Å². The van der Waals surface area contributed by atoms with Crippen molar-refractivity contribution in [2.24, 2.45) is 11.3 Å². The number of carbonyl (C=O) groups is 1. The maximum absolute atomic E-state index is 11.5. The number of hydrogen-bond acceptors (Lipinski definition) is 2. The summed E-state index contributed by atoms with van der Waals surface area (Å²) in [6, 6.07) is 0. The Hall–Kier alpha value is -0.890. The zero-order valence-electron chi connectivity index (χ0n) is 8.16. The van der Waals surface area contributed by atoms with Crippen LogP contribution in [0.2, 0.25) is 0 Å². The smallest absolute Gasteiger partial charge is 0.140 e. The molecular weight excluding hydrogens is 164 g/mol. The van der Waals surface area contributed by atoms with Crippen LogP contribution in [-0.4, -0.2) is 17.5 Å². The van der Waals surface area contributed by atoms with E-state index in [1.54, 1.807) is 0 Å². The van der Waals surface area contributed by atoms with Crippen LogP contribution in [0.3, 0.4) is 0 Å². The van der Waals surface area contributed by atoms with Gasteiger partial charge in [-0.3, -0.25) is 4.79 Å². The predicted octanol–water partition coefficient (Wildman–Crippen LogP) is 1.71. The highest BCUT2D eigenvalue weighted by atomic mass is 16.3. The highest BCUT2D eigenvalue weighted by Crippen LogP contribution is 2.33. The normalized spacial score (nSPS) is 32.1. The number of carbonyl (C=O) groups excluding carboxylic acids is 1. The fourth-order valence-electron chi connectivity index (χ4n) is 1.62. The SMILES string of the molecule is CCC(=O)C1C=CC=CC1(C)CO. The number of rotatable bonds is 3. The first kappa shape index (κ1) is 10.2. The van der Waals surface area contributed by atoms with E-state index in [0.29, 0.717) is 6.42 Å². The fourth-order valence-corrected chi connectivity index (χ4v) is 1.62. The molecule has 1 aliphatic carbocycles. The first-order valence-electron chi connectivity index (χ1n) is 4.63. The van der Waals surface area contributed by atoms with Crippen LogP contribution in [0.5, 0.6) is 0 Å². The lowest BCUT2D eigenvalue weighted by atomic mass is 9.72. The van der Waals surface area contributed by atoms with Crippen molar-refractivity contribution in [1.82, 2.24) is 0 Å². The molecule has 0 saturated heterocycles. The van der Waals surface area contributed by atoms with Gasteiger partial charge in [-0.15, -0.1) is 0 Å². The summed E-state index contributed by atoms with van der Waals surface area (Å²) in [5.74, 6) is 0.0321. The minimum Gasteiger partial charge on any atom is -0.395 e. The van der Waals surface area contributed by atoms with Gasteiger partial charge in [-0.05, 0) is 0 Å². The van der Waals surface area contributed by atoms with E-state index in [0.717, 1.165) is 0 Å². The quantitative estimate of drug-likeness (QED) is 0.717. The number of Topliss-reactive ketones (excluding diaryl/α,β-unsaturated/α-hetero) is 1. The minimum absolute atomic E-state index is 0.0181. The molecule has 1 N–H and O–H groups in total. The van der Waals surface area contributed by atoms with Crippen LogP contribution in [0.1, 0.15) is 20.3 Å². The molecule has 2 nitrogen and oxygen atoms in total. The minimum atomic E-state index is -0.401. The Morgan fingerprint density at radius 1 is 1.54 bits per heavy atom. The van der Waals surface area contributed by atoms with Crippen LogP contribution in [0, 0.1) is 11.3 Å². The van der Waals surface area contributed by atoms with Gasteiger partial charge in [0.2, 0.25) is 0 Å². The summed E-state index contributed by atoms with van der Waals surface area (Å²) in [5, 5.41) is 9.23. The van der Waals surface area contributed by atoms with Crippen LogP contribution in [0.15, 0.2) is 24.3 Å². The molecule has 0 saturated carbocycles. The van der Waals surface area contributed by atoms with E-state index in [2.05, 4.69) is 0 Å². The van der Waals surface area contributed by atoms with Gasteiger partial charge in [-0.2, -0.15) is 0 Å². The fraction of sp³-hybridized carbons (Fsp3) is 0.545. The molecule has 0 spiro atoms. The summed E-state index contributed by atoms with van der Waals surface area (Å²) < 4.78 is 0. The van der Waals surface area contributed by atoms with Gasteiger partial charge in [0.05, 0.1) is 6.61 Å². The molecule has 0 aromatic carbocycles. The lowest BCUT2D eigenvalue weighted by Crippen LogP contribution is -2.34. The lowest BCUT2D eigenvalue weighted by Gasteiger charge is -2.32. The maximum atomic E-state index is 11.5. The summed E-state index contributed by atoms with van der Waals surface area (Å²) in [5.41, 5.74) is -0.401. The van der Waals surface area contributed by atoms with Gasteiger partial charge >= 0.3 is 0 Å². The third kappa shape index (κ3) is 1.89. The molecule has 1 rings (SSSR count). The van der Waals surface area contributed by atoms with Gasteiger partial charge in [0.25, 0.3) is 0 Å². The number of aliphatic hydroxyl groups is 1. The number of allylic oxidation sites excluding steroid dienone is 3. The monoisotopic (exact) mass is 180 g/mol. The highest BCUT2D eigenvalue weighted by molar-refractivity contribution is 5.83. The van der Waals surface area contributed by atoms with Crippen molar-refractivity contribution in [1.29, 1.82) is 0 Å². The molecule has 1 aliphatic rings.